The summed E-state index contributed by atoms with van der Waals surface area (Å²) in [7, 11) is 3.29. The number of carbonyl (C=O) groups excluding carboxylic acids is 2. The van der Waals surface area contributed by atoms with Crippen LogP contribution in [-0.2, 0) is 0 Å². The molecule has 21 heavy (non-hydrogen) atoms. The molecule has 6 heteroatoms. The Hall–Kier alpha value is -1.62. The Bertz CT molecular complexity index is 585. The van der Waals surface area contributed by atoms with Crippen LogP contribution in [0.25, 0.3) is 0 Å². The maximum atomic E-state index is 12.3. The van der Waals surface area contributed by atoms with E-state index in [0.717, 1.165) is 19.4 Å². The number of aromatic nitrogens is 1. The summed E-state index contributed by atoms with van der Waals surface area (Å²) >= 11 is 6.12. The van der Waals surface area contributed by atoms with Crippen molar-refractivity contribution in [3.63, 3.8) is 0 Å². The van der Waals surface area contributed by atoms with Gasteiger partial charge >= 0.3 is 0 Å². The van der Waals surface area contributed by atoms with E-state index in [9.17, 15) is 9.59 Å². The molecule has 5 nitrogen and oxygen atoms in total. The first-order valence-electron chi connectivity index (χ1n) is 6.93. The van der Waals surface area contributed by atoms with Gasteiger partial charge in [0.2, 0.25) is 0 Å². The third-order valence-corrected chi connectivity index (χ3v) is 4.22. The summed E-state index contributed by atoms with van der Waals surface area (Å²) < 4.78 is 0. The fraction of sp³-hybridized carbons (Fsp3) is 0.533. The molecule has 0 bridgehead atoms. The fourth-order valence-corrected chi connectivity index (χ4v) is 2.94. The maximum Gasteiger partial charge on any atom is 0.254 e. The van der Waals surface area contributed by atoms with E-state index in [1.54, 1.807) is 20.2 Å². The van der Waals surface area contributed by atoms with Gasteiger partial charge in [0.15, 0.2) is 6.29 Å². The minimum atomic E-state index is -0.250. The van der Waals surface area contributed by atoms with Crippen molar-refractivity contribution in [1.29, 1.82) is 0 Å². The maximum absolute atomic E-state index is 12.3. The molecule has 0 atom stereocenters. The van der Waals surface area contributed by atoms with Crippen LogP contribution in [0, 0.1) is 0 Å². The van der Waals surface area contributed by atoms with E-state index in [2.05, 4.69) is 23.7 Å². The number of aldehydes is 1. The van der Waals surface area contributed by atoms with Crippen LogP contribution >= 0.6 is 11.6 Å². The molecular formula is C15H20ClN3O2. The molecule has 2 rings (SSSR count). The highest BCUT2D eigenvalue weighted by Crippen LogP contribution is 2.34. The zero-order valence-electron chi connectivity index (χ0n) is 12.8. The predicted molar refractivity (Wildman–Crippen MR) is 83.3 cm³/mol. The Morgan fingerprint density at radius 3 is 2.62 bits per heavy atom. The summed E-state index contributed by atoms with van der Waals surface area (Å²) in [6.45, 7) is 5.14. The summed E-state index contributed by atoms with van der Waals surface area (Å²) in [6, 6.07) is 1.67. The summed E-state index contributed by atoms with van der Waals surface area (Å²) in [5.74, 6) is 0.401. The van der Waals surface area contributed by atoms with Crippen molar-refractivity contribution in [2.45, 2.75) is 32.2 Å². The summed E-state index contributed by atoms with van der Waals surface area (Å²) in [6.07, 6.45) is 2.71. The standard InChI is InChI=1S/C15H20ClN3O2/c1-15(2)6-5-7-19(15)12-8-10(14(21)18(3)4)11(9-20)13(16)17-12/h8-9H,5-7H2,1-4H3. The van der Waals surface area contributed by atoms with Crippen LogP contribution in [-0.4, -0.2) is 48.3 Å². The number of hydrogen-bond donors (Lipinski definition) is 0. The Morgan fingerprint density at radius 1 is 1.48 bits per heavy atom. The quantitative estimate of drug-likeness (QED) is 0.636. The lowest BCUT2D eigenvalue weighted by Crippen LogP contribution is -2.39. The van der Waals surface area contributed by atoms with Crippen molar-refractivity contribution in [2.24, 2.45) is 0 Å². The van der Waals surface area contributed by atoms with Gasteiger partial charge in [-0.1, -0.05) is 11.6 Å². The number of amides is 1. The second-order valence-electron chi connectivity index (χ2n) is 6.12. The third kappa shape index (κ3) is 2.88. The van der Waals surface area contributed by atoms with Crippen LogP contribution in [0.2, 0.25) is 5.15 Å². The molecule has 0 radical (unpaired) electrons. The lowest BCUT2D eigenvalue weighted by atomic mass is 10.0. The monoisotopic (exact) mass is 309 g/mol. The number of pyridine rings is 1. The van der Waals surface area contributed by atoms with Crippen molar-refractivity contribution in [2.75, 3.05) is 25.5 Å². The number of rotatable bonds is 3. The molecule has 1 aliphatic heterocycles. The smallest absolute Gasteiger partial charge is 0.254 e. The van der Waals surface area contributed by atoms with Crippen molar-refractivity contribution in [3.8, 4) is 0 Å². The Balaban J connectivity index is 2.55. The van der Waals surface area contributed by atoms with E-state index in [4.69, 9.17) is 11.6 Å². The van der Waals surface area contributed by atoms with E-state index in [1.807, 2.05) is 0 Å². The molecule has 2 heterocycles. The van der Waals surface area contributed by atoms with Gasteiger partial charge in [-0.3, -0.25) is 9.59 Å². The van der Waals surface area contributed by atoms with Gasteiger partial charge in [-0.25, -0.2) is 4.98 Å². The molecular weight excluding hydrogens is 290 g/mol. The van der Waals surface area contributed by atoms with Gasteiger partial charge in [0.25, 0.3) is 5.91 Å². The first-order valence-corrected chi connectivity index (χ1v) is 7.31. The van der Waals surface area contributed by atoms with Crippen LogP contribution in [0.5, 0.6) is 0 Å². The lowest BCUT2D eigenvalue weighted by Gasteiger charge is -2.33. The molecule has 1 aromatic rings. The molecule has 0 spiro atoms. The van der Waals surface area contributed by atoms with Gasteiger partial charge in [-0.2, -0.15) is 0 Å². The molecule has 114 valence electrons. The first kappa shape index (κ1) is 15.8. The summed E-state index contributed by atoms with van der Waals surface area (Å²) in [5.41, 5.74) is 0.418. The van der Waals surface area contributed by atoms with E-state index in [-0.39, 0.29) is 22.2 Å². The highest BCUT2D eigenvalue weighted by atomic mass is 35.5. The molecule has 0 aliphatic carbocycles. The van der Waals surface area contributed by atoms with Crippen molar-refractivity contribution in [3.05, 3.63) is 22.3 Å². The lowest BCUT2D eigenvalue weighted by molar-refractivity contribution is 0.0824. The molecule has 1 aliphatic rings. The highest BCUT2D eigenvalue weighted by Gasteiger charge is 2.34. The molecule has 1 fully saturated rings. The second-order valence-corrected chi connectivity index (χ2v) is 6.48. The number of hydrogen-bond acceptors (Lipinski definition) is 4. The van der Waals surface area contributed by atoms with Gasteiger partial charge in [-0.15, -0.1) is 0 Å². The summed E-state index contributed by atoms with van der Waals surface area (Å²) in [5, 5.41) is 0.0791. The fourth-order valence-electron chi connectivity index (χ4n) is 2.71. The zero-order valence-corrected chi connectivity index (χ0v) is 13.6. The molecule has 1 aromatic heterocycles. The van der Waals surface area contributed by atoms with E-state index in [0.29, 0.717) is 17.7 Å². The molecule has 0 N–H and O–H groups in total. The van der Waals surface area contributed by atoms with Crippen LogP contribution in [0.4, 0.5) is 5.82 Å². The molecule has 0 aromatic carbocycles. The van der Waals surface area contributed by atoms with Gasteiger partial charge in [-0.05, 0) is 32.8 Å². The largest absolute Gasteiger partial charge is 0.351 e. The van der Waals surface area contributed by atoms with E-state index in [1.165, 1.54) is 4.90 Å². The average molecular weight is 310 g/mol. The van der Waals surface area contributed by atoms with E-state index >= 15 is 0 Å². The van der Waals surface area contributed by atoms with Crippen molar-refractivity contribution < 1.29 is 9.59 Å². The molecule has 0 saturated carbocycles. The highest BCUT2D eigenvalue weighted by molar-refractivity contribution is 6.32. The van der Waals surface area contributed by atoms with Gasteiger partial charge in [0.1, 0.15) is 11.0 Å². The minimum Gasteiger partial charge on any atom is -0.351 e. The Labute approximate surface area is 129 Å². The Kier molecular flexibility index (Phi) is 4.23. The van der Waals surface area contributed by atoms with Crippen molar-refractivity contribution >= 4 is 29.6 Å². The topological polar surface area (TPSA) is 53.5 Å². The van der Waals surface area contributed by atoms with Gasteiger partial charge < -0.3 is 9.80 Å². The third-order valence-electron chi connectivity index (χ3n) is 3.93. The van der Waals surface area contributed by atoms with E-state index < -0.39 is 0 Å². The van der Waals surface area contributed by atoms with Crippen LogP contribution in [0.15, 0.2) is 6.07 Å². The van der Waals surface area contributed by atoms with Crippen LogP contribution < -0.4 is 4.90 Å². The average Bonchev–Trinajstić information content (AvgIpc) is 2.76. The minimum absolute atomic E-state index is 0.0303. The number of carbonyl (C=O) groups is 2. The number of nitrogens with zero attached hydrogens (tertiary/aromatic N) is 3. The number of halogens is 1. The van der Waals surface area contributed by atoms with Gasteiger partial charge in [0.05, 0.1) is 11.1 Å². The van der Waals surface area contributed by atoms with Gasteiger partial charge in [0, 0.05) is 26.2 Å². The second kappa shape index (κ2) is 5.64. The number of anilines is 1. The Morgan fingerprint density at radius 2 is 2.14 bits per heavy atom. The molecule has 1 saturated heterocycles. The van der Waals surface area contributed by atoms with Crippen LogP contribution in [0.1, 0.15) is 47.4 Å². The van der Waals surface area contributed by atoms with Crippen molar-refractivity contribution in [1.82, 2.24) is 9.88 Å². The SMILES string of the molecule is CN(C)C(=O)c1cc(N2CCCC2(C)C)nc(Cl)c1C=O. The first-order chi connectivity index (χ1) is 9.77. The normalized spacial score (nSPS) is 16.9. The molecule has 1 amide bonds. The summed E-state index contributed by atoms with van der Waals surface area (Å²) in [4.78, 5) is 31.4. The zero-order chi connectivity index (χ0) is 15.8. The predicted octanol–water partition coefficient (Wildman–Crippen LogP) is 2.63. The van der Waals surface area contributed by atoms with Crippen LogP contribution in [0.3, 0.4) is 0 Å². The molecule has 0 unspecified atom stereocenters.